The molecule has 1 aromatic carbocycles. The Morgan fingerprint density at radius 3 is 2.73 bits per heavy atom. The molecule has 0 aliphatic rings. The van der Waals surface area contributed by atoms with Crippen molar-refractivity contribution < 1.29 is 14.3 Å². The lowest BCUT2D eigenvalue weighted by molar-refractivity contribution is -0.142. The molecule has 0 saturated heterocycles. The molecule has 0 saturated carbocycles. The molecular weight excluding hydrogens is 280 g/mol. The number of methoxy groups -OCH3 is 1. The monoisotopic (exact) mass is 298 g/mol. The van der Waals surface area contributed by atoms with E-state index < -0.39 is 12.0 Å². The number of esters is 1. The second-order valence-electron chi connectivity index (χ2n) is 4.98. The minimum absolute atomic E-state index is 0.351. The molecule has 0 fully saturated rings. The average molecular weight is 298 g/mol. The molecule has 22 heavy (non-hydrogen) atoms. The highest BCUT2D eigenvalue weighted by Gasteiger charge is 2.22. The van der Waals surface area contributed by atoms with Gasteiger partial charge in [-0.1, -0.05) is 29.8 Å². The Morgan fingerprint density at radius 1 is 1.27 bits per heavy atom. The van der Waals surface area contributed by atoms with Gasteiger partial charge >= 0.3 is 5.97 Å². The zero-order chi connectivity index (χ0) is 15.9. The highest BCUT2D eigenvalue weighted by molar-refractivity contribution is 5.96. The summed E-state index contributed by atoms with van der Waals surface area (Å²) in [6.07, 6.45) is 3.41. The summed E-state index contributed by atoms with van der Waals surface area (Å²) in [5.41, 5.74) is 2.46. The number of rotatable bonds is 5. The van der Waals surface area contributed by atoms with Crippen molar-refractivity contribution in [2.75, 3.05) is 7.11 Å². The van der Waals surface area contributed by atoms with Crippen LogP contribution in [-0.4, -0.2) is 30.0 Å². The summed E-state index contributed by atoms with van der Waals surface area (Å²) in [6.45, 7) is 1.98. The molecule has 1 atom stereocenters. The number of nitrogens with zero attached hydrogens (tertiary/aromatic N) is 1. The van der Waals surface area contributed by atoms with E-state index in [2.05, 4.69) is 10.3 Å². The van der Waals surface area contributed by atoms with Gasteiger partial charge in [-0.3, -0.25) is 9.78 Å². The smallest absolute Gasteiger partial charge is 0.328 e. The van der Waals surface area contributed by atoms with Gasteiger partial charge in [0.05, 0.1) is 12.7 Å². The lowest BCUT2D eigenvalue weighted by Gasteiger charge is -2.16. The van der Waals surface area contributed by atoms with E-state index in [-0.39, 0.29) is 5.91 Å². The summed E-state index contributed by atoms with van der Waals surface area (Å²) in [5, 5.41) is 2.70. The third-order valence-electron chi connectivity index (χ3n) is 3.24. The first kappa shape index (κ1) is 15.7. The summed E-state index contributed by atoms with van der Waals surface area (Å²) in [4.78, 5) is 28.0. The number of aromatic nitrogens is 1. The summed E-state index contributed by atoms with van der Waals surface area (Å²) < 4.78 is 4.78. The van der Waals surface area contributed by atoms with E-state index in [0.29, 0.717) is 12.0 Å². The third kappa shape index (κ3) is 4.15. The number of amides is 1. The fraction of sp³-hybridized carbons (Fsp3) is 0.235. The van der Waals surface area contributed by atoms with Crippen LogP contribution in [0.1, 0.15) is 21.5 Å². The third-order valence-corrected chi connectivity index (χ3v) is 3.24. The Kier molecular flexibility index (Phi) is 5.25. The zero-order valence-electron chi connectivity index (χ0n) is 12.6. The van der Waals surface area contributed by atoms with Gasteiger partial charge in [-0.2, -0.15) is 0 Å². The SMILES string of the molecule is COC(=O)[C@H](Cc1cccc(C)c1)NC(=O)c1cccnc1. The number of aryl methyl sites for hydroxylation is 1. The minimum atomic E-state index is -0.737. The standard InChI is InChI=1S/C17H18N2O3/c1-12-5-3-6-13(9-12)10-15(17(21)22-2)19-16(20)14-7-4-8-18-11-14/h3-9,11,15H,10H2,1-2H3,(H,19,20)/t15-/m0/s1. The molecule has 5 heteroatoms. The molecule has 0 spiro atoms. The fourth-order valence-electron chi connectivity index (χ4n) is 2.15. The number of carbonyl (C=O) groups is 2. The van der Waals surface area contributed by atoms with Gasteiger partial charge in [-0.15, -0.1) is 0 Å². The predicted octanol–water partition coefficient (Wildman–Crippen LogP) is 1.90. The first-order valence-corrected chi connectivity index (χ1v) is 6.94. The molecule has 2 aromatic rings. The van der Waals surface area contributed by atoms with Crippen molar-refractivity contribution in [2.45, 2.75) is 19.4 Å². The van der Waals surface area contributed by atoms with Crippen molar-refractivity contribution in [1.29, 1.82) is 0 Å². The second kappa shape index (κ2) is 7.36. The molecule has 0 radical (unpaired) electrons. The molecule has 0 unspecified atom stereocenters. The lowest BCUT2D eigenvalue weighted by Crippen LogP contribution is -2.43. The number of pyridine rings is 1. The summed E-state index contributed by atoms with van der Waals surface area (Å²) >= 11 is 0. The molecule has 0 aliphatic heterocycles. The van der Waals surface area contributed by atoms with Crippen LogP contribution in [0.5, 0.6) is 0 Å². The normalized spacial score (nSPS) is 11.5. The van der Waals surface area contributed by atoms with Crippen LogP contribution in [0.4, 0.5) is 0 Å². The molecular formula is C17H18N2O3. The molecule has 5 nitrogen and oxygen atoms in total. The van der Waals surface area contributed by atoms with E-state index in [4.69, 9.17) is 4.74 Å². The van der Waals surface area contributed by atoms with E-state index in [9.17, 15) is 9.59 Å². The molecule has 1 heterocycles. The van der Waals surface area contributed by atoms with Crippen LogP contribution < -0.4 is 5.32 Å². The van der Waals surface area contributed by atoms with Gasteiger partial charge in [0.1, 0.15) is 6.04 Å². The summed E-state index contributed by atoms with van der Waals surface area (Å²) in [7, 11) is 1.31. The topological polar surface area (TPSA) is 68.3 Å². The van der Waals surface area contributed by atoms with Gasteiger partial charge in [-0.05, 0) is 24.6 Å². The van der Waals surface area contributed by atoms with Crippen molar-refractivity contribution in [3.8, 4) is 0 Å². The van der Waals surface area contributed by atoms with Gasteiger partial charge in [-0.25, -0.2) is 4.79 Å². The van der Waals surface area contributed by atoms with Gasteiger partial charge in [0, 0.05) is 18.8 Å². The Balaban J connectivity index is 2.13. The molecule has 1 aromatic heterocycles. The lowest BCUT2D eigenvalue weighted by atomic mass is 10.0. The van der Waals surface area contributed by atoms with E-state index in [1.807, 2.05) is 31.2 Å². The number of hydrogen-bond acceptors (Lipinski definition) is 4. The minimum Gasteiger partial charge on any atom is -0.467 e. The molecule has 1 amide bonds. The molecule has 0 bridgehead atoms. The number of benzene rings is 1. The van der Waals surface area contributed by atoms with Gasteiger partial charge in [0.15, 0.2) is 0 Å². The van der Waals surface area contributed by atoms with Crippen molar-refractivity contribution in [3.63, 3.8) is 0 Å². The maximum absolute atomic E-state index is 12.2. The first-order valence-electron chi connectivity index (χ1n) is 6.94. The average Bonchev–Trinajstić information content (AvgIpc) is 2.54. The van der Waals surface area contributed by atoms with E-state index in [1.165, 1.54) is 13.3 Å². The number of hydrogen-bond donors (Lipinski definition) is 1. The van der Waals surface area contributed by atoms with Crippen LogP contribution >= 0.6 is 0 Å². The van der Waals surface area contributed by atoms with Gasteiger partial charge in [0.2, 0.25) is 0 Å². The van der Waals surface area contributed by atoms with Gasteiger partial charge in [0.25, 0.3) is 5.91 Å². The van der Waals surface area contributed by atoms with Crippen molar-refractivity contribution in [3.05, 3.63) is 65.5 Å². The maximum atomic E-state index is 12.2. The van der Waals surface area contributed by atoms with Crippen LogP contribution in [0.25, 0.3) is 0 Å². The van der Waals surface area contributed by atoms with Gasteiger partial charge < -0.3 is 10.1 Å². The Labute approximate surface area is 129 Å². The quantitative estimate of drug-likeness (QED) is 0.856. The summed E-state index contributed by atoms with van der Waals surface area (Å²) in [5.74, 6) is -0.824. The van der Waals surface area contributed by atoms with E-state index >= 15 is 0 Å². The van der Waals surface area contributed by atoms with Crippen molar-refractivity contribution in [1.82, 2.24) is 10.3 Å². The van der Waals surface area contributed by atoms with Crippen molar-refractivity contribution >= 4 is 11.9 Å². The van der Waals surface area contributed by atoms with Crippen LogP contribution in [0.15, 0.2) is 48.8 Å². The highest BCUT2D eigenvalue weighted by Crippen LogP contribution is 2.09. The number of ether oxygens (including phenoxy) is 1. The summed E-state index contributed by atoms with van der Waals surface area (Å²) in [6, 6.07) is 10.4. The molecule has 0 aliphatic carbocycles. The predicted molar refractivity (Wildman–Crippen MR) is 82.4 cm³/mol. The van der Waals surface area contributed by atoms with Crippen LogP contribution in [-0.2, 0) is 16.0 Å². The number of nitrogens with one attached hydrogen (secondary N) is 1. The Morgan fingerprint density at radius 2 is 2.09 bits per heavy atom. The zero-order valence-corrected chi connectivity index (χ0v) is 12.6. The molecule has 1 N–H and O–H groups in total. The Bertz CT molecular complexity index is 656. The maximum Gasteiger partial charge on any atom is 0.328 e. The van der Waals surface area contributed by atoms with Crippen molar-refractivity contribution in [2.24, 2.45) is 0 Å². The molecule has 114 valence electrons. The first-order chi connectivity index (χ1) is 10.6. The molecule has 2 rings (SSSR count). The number of carbonyl (C=O) groups excluding carboxylic acids is 2. The fourth-order valence-corrected chi connectivity index (χ4v) is 2.15. The van der Waals surface area contributed by atoms with Crippen LogP contribution in [0, 0.1) is 6.92 Å². The van der Waals surface area contributed by atoms with E-state index in [1.54, 1.807) is 18.3 Å². The highest BCUT2D eigenvalue weighted by atomic mass is 16.5. The largest absolute Gasteiger partial charge is 0.467 e. The van der Waals surface area contributed by atoms with Crippen LogP contribution in [0.3, 0.4) is 0 Å². The Hall–Kier alpha value is -2.69. The van der Waals surface area contributed by atoms with Crippen LogP contribution in [0.2, 0.25) is 0 Å². The second-order valence-corrected chi connectivity index (χ2v) is 4.98. The van der Waals surface area contributed by atoms with E-state index in [0.717, 1.165) is 11.1 Å².